The topological polar surface area (TPSA) is 95.2 Å². The molecular formula is C30H32N6O2. The number of pyridine rings is 3. The summed E-state index contributed by atoms with van der Waals surface area (Å²) in [5.41, 5.74) is 5.17. The summed E-state index contributed by atoms with van der Waals surface area (Å²) in [7, 11) is 1.63. The van der Waals surface area contributed by atoms with Crippen molar-refractivity contribution in [3.05, 3.63) is 54.1 Å². The minimum atomic E-state index is 0.150. The predicted octanol–water partition coefficient (Wildman–Crippen LogP) is 4.55. The summed E-state index contributed by atoms with van der Waals surface area (Å²) in [5.74, 6) is 1.80. The van der Waals surface area contributed by atoms with E-state index < -0.39 is 0 Å². The Labute approximate surface area is 223 Å². The van der Waals surface area contributed by atoms with Gasteiger partial charge in [0.15, 0.2) is 0 Å². The number of rotatable bonds is 8. The molecule has 0 N–H and O–H groups in total. The quantitative estimate of drug-likeness (QED) is 0.441. The molecule has 3 aromatic rings. The molecule has 3 aromatic heterocycles. The van der Waals surface area contributed by atoms with Gasteiger partial charge in [-0.05, 0) is 61.4 Å². The standard InChI is InChI=1S/C30H32N6O2/c1-3-22-15-24(23-8-10-32-17-26(23)33-22)25-14-21(16-31)30(34-29(25)20-6-7-20)35-11-12-36(28(37)9-13-38-2)27(18-35)19-4-5-19/h3,8,10,14-15,17,19-20,27H,1,4-7,9,11-13,18H2,2H3/t27-/m0/s1. The number of aromatic nitrogens is 3. The van der Waals surface area contributed by atoms with E-state index in [-0.39, 0.29) is 11.9 Å². The Morgan fingerprint density at radius 2 is 2.05 bits per heavy atom. The van der Waals surface area contributed by atoms with E-state index in [0.29, 0.717) is 50.1 Å². The molecule has 1 atom stereocenters. The minimum Gasteiger partial charge on any atom is -0.384 e. The molecule has 4 heterocycles. The van der Waals surface area contributed by atoms with Crippen LogP contribution in [0.5, 0.6) is 0 Å². The summed E-state index contributed by atoms with van der Waals surface area (Å²) in [5, 5.41) is 11.3. The van der Waals surface area contributed by atoms with Gasteiger partial charge >= 0.3 is 0 Å². The normalized spacial score (nSPS) is 19.4. The van der Waals surface area contributed by atoms with Crippen LogP contribution in [0.25, 0.3) is 28.1 Å². The third-order valence-electron chi connectivity index (χ3n) is 7.97. The molecule has 0 bridgehead atoms. The third-order valence-corrected chi connectivity index (χ3v) is 7.97. The van der Waals surface area contributed by atoms with Crippen molar-refractivity contribution in [2.45, 2.75) is 44.1 Å². The van der Waals surface area contributed by atoms with Crippen LogP contribution in [-0.2, 0) is 9.53 Å². The predicted molar refractivity (Wildman–Crippen MR) is 146 cm³/mol. The number of ether oxygens (including phenoxy) is 1. The minimum absolute atomic E-state index is 0.150. The number of carbonyl (C=O) groups excluding carboxylic acids is 1. The lowest BCUT2D eigenvalue weighted by atomic mass is 9.95. The van der Waals surface area contributed by atoms with Crippen LogP contribution in [0.3, 0.4) is 0 Å². The Hall–Kier alpha value is -3.83. The zero-order valence-corrected chi connectivity index (χ0v) is 21.8. The number of hydrogen-bond acceptors (Lipinski definition) is 7. The second kappa shape index (κ2) is 10.1. The Bertz CT molecular complexity index is 1440. The molecule has 38 heavy (non-hydrogen) atoms. The number of nitrogens with zero attached hydrogens (tertiary/aromatic N) is 6. The first-order chi connectivity index (χ1) is 18.6. The highest BCUT2D eigenvalue weighted by atomic mass is 16.5. The van der Waals surface area contributed by atoms with Crippen molar-refractivity contribution < 1.29 is 9.53 Å². The molecule has 8 nitrogen and oxygen atoms in total. The Kier molecular flexibility index (Phi) is 6.54. The molecular weight excluding hydrogens is 476 g/mol. The van der Waals surface area contributed by atoms with Crippen LogP contribution in [-0.4, -0.2) is 65.2 Å². The highest BCUT2D eigenvalue weighted by molar-refractivity contribution is 5.96. The highest BCUT2D eigenvalue weighted by Crippen LogP contribution is 2.46. The summed E-state index contributed by atoms with van der Waals surface area (Å²) >= 11 is 0. The maximum absolute atomic E-state index is 12.9. The SMILES string of the molecule is C=Cc1cc(-c2cc(C#N)c(N3CCN(C(=O)CCOC)[C@H](C4CC4)C3)nc2C2CC2)c2ccncc2n1. The number of hydrogen-bond donors (Lipinski definition) is 0. The number of carbonyl (C=O) groups is 1. The largest absolute Gasteiger partial charge is 0.384 e. The van der Waals surface area contributed by atoms with Crippen LogP contribution in [0, 0.1) is 17.2 Å². The van der Waals surface area contributed by atoms with Crippen LogP contribution in [0.15, 0.2) is 37.2 Å². The molecule has 6 rings (SSSR count). The summed E-state index contributed by atoms with van der Waals surface area (Å²) in [6.45, 7) is 6.37. The van der Waals surface area contributed by atoms with Gasteiger partial charge in [-0.1, -0.05) is 6.58 Å². The van der Waals surface area contributed by atoms with Crippen molar-refractivity contribution >= 4 is 28.7 Å². The van der Waals surface area contributed by atoms with Gasteiger partial charge < -0.3 is 14.5 Å². The number of nitriles is 1. The first-order valence-electron chi connectivity index (χ1n) is 13.5. The van der Waals surface area contributed by atoms with E-state index >= 15 is 0 Å². The number of methoxy groups -OCH3 is 1. The van der Waals surface area contributed by atoms with Gasteiger partial charge in [0.05, 0.1) is 47.7 Å². The van der Waals surface area contributed by atoms with Gasteiger partial charge in [-0.2, -0.15) is 5.26 Å². The lowest BCUT2D eigenvalue weighted by Crippen LogP contribution is -2.56. The molecule has 8 heteroatoms. The van der Waals surface area contributed by atoms with E-state index in [9.17, 15) is 10.1 Å². The van der Waals surface area contributed by atoms with Gasteiger partial charge in [0.1, 0.15) is 11.9 Å². The zero-order chi connectivity index (χ0) is 26.2. The molecule has 3 aliphatic rings. The molecule has 0 aromatic carbocycles. The third kappa shape index (κ3) is 4.63. The number of anilines is 1. The van der Waals surface area contributed by atoms with E-state index in [1.165, 1.54) is 0 Å². The van der Waals surface area contributed by atoms with E-state index in [1.807, 2.05) is 23.1 Å². The highest BCUT2D eigenvalue weighted by Gasteiger charge is 2.41. The molecule has 3 fully saturated rings. The smallest absolute Gasteiger partial charge is 0.225 e. The van der Waals surface area contributed by atoms with Crippen molar-refractivity contribution in [2.24, 2.45) is 5.92 Å². The van der Waals surface area contributed by atoms with Crippen molar-refractivity contribution in [1.82, 2.24) is 19.9 Å². The van der Waals surface area contributed by atoms with Gasteiger partial charge in [0.25, 0.3) is 0 Å². The van der Waals surface area contributed by atoms with Crippen molar-refractivity contribution in [1.29, 1.82) is 5.26 Å². The van der Waals surface area contributed by atoms with E-state index in [4.69, 9.17) is 9.72 Å². The first kappa shape index (κ1) is 24.5. The fraction of sp³-hybridized carbons (Fsp3) is 0.433. The second-order valence-corrected chi connectivity index (χ2v) is 10.6. The van der Waals surface area contributed by atoms with Crippen LogP contribution in [0.1, 0.15) is 55.0 Å². The van der Waals surface area contributed by atoms with E-state index in [2.05, 4.69) is 27.5 Å². The summed E-state index contributed by atoms with van der Waals surface area (Å²) in [6, 6.07) is 8.61. The van der Waals surface area contributed by atoms with Gasteiger partial charge in [-0.3, -0.25) is 9.78 Å². The van der Waals surface area contributed by atoms with E-state index in [0.717, 1.165) is 64.9 Å². The molecule has 0 spiro atoms. The lowest BCUT2D eigenvalue weighted by molar-refractivity contribution is -0.135. The Balaban J connectivity index is 1.40. The molecule has 194 valence electrons. The first-order valence-corrected chi connectivity index (χ1v) is 13.5. The van der Waals surface area contributed by atoms with Crippen molar-refractivity contribution in [3.63, 3.8) is 0 Å². The fourth-order valence-electron chi connectivity index (χ4n) is 5.68. The number of fused-ring (bicyclic) bond motifs is 1. The zero-order valence-electron chi connectivity index (χ0n) is 21.8. The van der Waals surface area contributed by atoms with Gasteiger partial charge in [-0.25, -0.2) is 9.97 Å². The van der Waals surface area contributed by atoms with Gasteiger partial charge in [0.2, 0.25) is 5.91 Å². The summed E-state index contributed by atoms with van der Waals surface area (Å²) in [6.07, 6.45) is 10.2. The molecule has 1 saturated heterocycles. The van der Waals surface area contributed by atoms with Crippen LogP contribution < -0.4 is 4.90 Å². The average molecular weight is 509 g/mol. The summed E-state index contributed by atoms with van der Waals surface area (Å²) < 4.78 is 5.15. The lowest BCUT2D eigenvalue weighted by Gasteiger charge is -2.42. The van der Waals surface area contributed by atoms with Gasteiger partial charge in [-0.15, -0.1) is 0 Å². The van der Waals surface area contributed by atoms with Crippen LogP contribution in [0.4, 0.5) is 5.82 Å². The van der Waals surface area contributed by atoms with E-state index in [1.54, 1.807) is 25.6 Å². The van der Waals surface area contributed by atoms with Crippen LogP contribution >= 0.6 is 0 Å². The fourth-order valence-corrected chi connectivity index (χ4v) is 5.68. The Morgan fingerprint density at radius 3 is 2.76 bits per heavy atom. The average Bonchev–Trinajstić information content (AvgIpc) is 3.88. The molecule has 0 radical (unpaired) electrons. The molecule has 2 saturated carbocycles. The maximum Gasteiger partial charge on any atom is 0.225 e. The number of piperazine rings is 1. The molecule has 2 aliphatic carbocycles. The van der Waals surface area contributed by atoms with Crippen molar-refractivity contribution in [2.75, 3.05) is 38.3 Å². The van der Waals surface area contributed by atoms with Gasteiger partial charge in [0, 0.05) is 49.8 Å². The monoisotopic (exact) mass is 508 g/mol. The van der Waals surface area contributed by atoms with Crippen molar-refractivity contribution in [3.8, 4) is 17.2 Å². The maximum atomic E-state index is 12.9. The number of amides is 1. The molecule has 0 unspecified atom stereocenters. The second-order valence-electron chi connectivity index (χ2n) is 10.6. The van der Waals surface area contributed by atoms with Crippen LogP contribution in [0.2, 0.25) is 0 Å². The Morgan fingerprint density at radius 1 is 1.21 bits per heavy atom. The summed E-state index contributed by atoms with van der Waals surface area (Å²) in [4.78, 5) is 31.3. The molecule has 1 aliphatic heterocycles. The molecule has 1 amide bonds.